The number of anilines is 1. The first-order chi connectivity index (χ1) is 14.2. The van der Waals surface area contributed by atoms with Crippen LogP contribution in [0.4, 0.5) is 10.6 Å². The molecule has 0 N–H and O–H groups in total. The number of carbonyl (C=O) groups is 2. The third-order valence-corrected chi connectivity index (χ3v) is 7.27. The third kappa shape index (κ3) is 3.59. The Morgan fingerprint density at radius 1 is 1.03 bits per heavy atom. The van der Waals surface area contributed by atoms with Crippen LogP contribution in [0.1, 0.15) is 25.7 Å². The highest BCUT2D eigenvalue weighted by atomic mass is 32.1. The van der Waals surface area contributed by atoms with E-state index < -0.39 is 0 Å². The standard InChI is InChI=1S/C21H27N5O2S/c27-19-15-16-5-3-9-25(16)21(28)26(19)10-4-8-23-11-13-24(14-12-23)20-17-6-1-2-7-18(17)29-22-20/h1-2,6-7,16H,3-5,8-15H2. The molecule has 2 aromatic rings. The summed E-state index contributed by atoms with van der Waals surface area (Å²) in [4.78, 5) is 33.1. The van der Waals surface area contributed by atoms with Crippen molar-refractivity contribution in [3.63, 3.8) is 0 Å². The van der Waals surface area contributed by atoms with E-state index in [2.05, 4.69) is 38.4 Å². The summed E-state index contributed by atoms with van der Waals surface area (Å²) in [5, 5.41) is 1.24. The van der Waals surface area contributed by atoms with E-state index in [1.165, 1.54) is 15.0 Å². The van der Waals surface area contributed by atoms with Gasteiger partial charge in [-0.15, -0.1) is 0 Å². The van der Waals surface area contributed by atoms with E-state index in [1.807, 2.05) is 4.90 Å². The fourth-order valence-corrected chi connectivity index (χ4v) is 5.63. The molecule has 1 unspecified atom stereocenters. The summed E-state index contributed by atoms with van der Waals surface area (Å²) in [5.41, 5.74) is 0. The van der Waals surface area contributed by atoms with Gasteiger partial charge in [0, 0.05) is 57.1 Å². The Hall–Kier alpha value is -2.19. The van der Waals surface area contributed by atoms with Crippen LogP contribution in [0.25, 0.3) is 10.1 Å². The maximum atomic E-state index is 12.6. The van der Waals surface area contributed by atoms with Crippen molar-refractivity contribution in [1.29, 1.82) is 0 Å². The number of urea groups is 1. The quantitative estimate of drug-likeness (QED) is 0.754. The average molecular weight is 414 g/mol. The summed E-state index contributed by atoms with van der Waals surface area (Å²) in [6.07, 6.45) is 3.35. The van der Waals surface area contributed by atoms with Gasteiger partial charge in [-0.1, -0.05) is 12.1 Å². The van der Waals surface area contributed by atoms with E-state index >= 15 is 0 Å². The van der Waals surface area contributed by atoms with E-state index in [1.54, 1.807) is 11.5 Å². The first-order valence-electron chi connectivity index (χ1n) is 10.6. The van der Waals surface area contributed by atoms with E-state index in [4.69, 9.17) is 0 Å². The molecule has 0 radical (unpaired) electrons. The highest BCUT2D eigenvalue weighted by Gasteiger charge is 2.40. The number of nitrogens with zero attached hydrogens (tertiary/aromatic N) is 5. The second-order valence-corrected chi connectivity index (χ2v) is 9.01. The lowest BCUT2D eigenvalue weighted by Crippen LogP contribution is -2.55. The van der Waals surface area contributed by atoms with Crippen LogP contribution in [0.15, 0.2) is 24.3 Å². The molecular weight excluding hydrogens is 386 g/mol. The van der Waals surface area contributed by atoms with Gasteiger partial charge in [0.2, 0.25) is 5.91 Å². The number of amides is 3. The van der Waals surface area contributed by atoms with Crippen molar-refractivity contribution in [2.24, 2.45) is 0 Å². The van der Waals surface area contributed by atoms with Crippen LogP contribution < -0.4 is 4.90 Å². The fourth-order valence-electron chi connectivity index (χ4n) is 4.83. The van der Waals surface area contributed by atoms with Gasteiger partial charge in [0.05, 0.1) is 4.70 Å². The smallest absolute Gasteiger partial charge is 0.326 e. The number of imide groups is 1. The lowest BCUT2D eigenvalue weighted by atomic mass is 10.1. The molecule has 3 aliphatic heterocycles. The number of rotatable bonds is 5. The monoisotopic (exact) mass is 413 g/mol. The van der Waals surface area contributed by atoms with E-state index in [0.717, 1.165) is 64.3 Å². The Morgan fingerprint density at radius 2 is 1.86 bits per heavy atom. The molecule has 8 heteroatoms. The maximum Gasteiger partial charge on any atom is 0.326 e. The molecule has 0 aliphatic carbocycles. The van der Waals surface area contributed by atoms with Crippen molar-refractivity contribution >= 4 is 39.4 Å². The predicted octanol–water partition coefficient (Wildman–Crippen LogP) is 2.63. The Bertz CT molecular complexity index is 907. The van der Waals surface area contributed by atoms with Gasteiger partial charge in [0.15, 0.2) is 0 Å². The first-order valence-corrected chi connectivity index (χ1v) is 11.4. The second-order valence-electron chi connectivity index (χ2n) is 8.21. The molecule has 154 valence electrons. The van der Waals surface area contributed by atoms with Crippen molar-refractivity contribution in [3.8, 4) is 0 Å². The zero-order valence-electron chi connectivity index (χ0n) is 16.6. The number of aromatic nitrogens is 1. The van der Waals surface area contributed by atoms with Crippen LogP contribution in [0.5, 0.6) is 0 Å². The topological polar surface area (TPSA) is 60.0 Å². The Morgan fingerprint density at radius 3 is 2.72 bits per heavy atom. The number of fused-ring (bicyclic) bond motifs is 2. The van der Waals surface area contributed by atoms with Crippen molar-refractivity contribution in [3.05, 3.63) is 24.3 Å². The van der Waals surface area contributed by atoms with Gasteiger partial charge in [0.25, 0.3) is 0 Å². The van der Waals surface area contributed by atoms with Crippen LogP contribution >= 0.6 is 11.5 Å². The Balaban J connectivity index is 1.11. The van der Waals surface area contributed by atoms with E-state index in [9.17, 15) is 9.59 Å². The zero-order chi connectivity index (χ0) is 19.8. The van der Waals surface area contributed by atoms with Crippen LogP contribution in [0, 0.1) is 0 Å². The lowest BCUT2D eigenvalue weighted by molar-refractivity contribution is -0.132. The summed E-state index contributed by atoms with van der Waals surface area (Å²) in [5.74, 6) is 1.12. The molecule has 1 atom stereocenters. The number of hydrogen-bond acceptors (Lipinski definition) is 6. The molecule has 0 spiro atoms. The van der Waals surface area contributed by atoms with Crippen LogP contribution in [-0.4, -0.2) is 82.9 Å². The number of carbonyl (C=O) groups excluding carboxylic acids is 2. The van der Waals surface area contributed by atoms with E-state index in [-0.39, 0.29) is 18.0 Å². The van der Waals surface area contributed by atoms with Crippen LogP contribution in [0.2, 0.25) is 0 Å². The Labute approximate surface area is 175 Å². The second kappa shape index (κ2) is 7.91. The molecule has 29 heavy (non-hydrogen) atoms. The van der Waals surface area contributed by atoms with Gasteiger partial charge in [-0.25, -0.2) is 4.79 Å². The molecule has 0 bridgehead atoms. The van der Waals surface area contributed by atoms with Crippen LogP contribution in [0.3, 0.4) is 0 Å². The predicted molar refractivity (Wildman–Crippen MR) is 114 cm³/mol. The van der Waals surface area contributed by atoms with Crippen molar-refractivity contribution in [1.82, 2.24) is 19.1 Å². The average Bonchev–Trinajstić information content (AvgIpc) is 3.38. The molecule has 3 amide bonds. The Kier molecular flexibility index (Phi) is 5.13. The minimum Gasteiger partial charge on any atom is -0.353 e. The number of piperazine rings is 1. The molecule has 0 saturated carbocycles. The summed E-state index contributed by atoms with van der Waals surface area (Å²) in [6.45, 7) is 6.17. The number of benzene rings is 1. The highest BCUT2D eigenvalue weighted by Crippen LogP contribution is 2.30. The molecule has 7 nitrogen and oxygen atoms in total. The normalized spacial score (nSPS) is 23.3. The van der Waals surface area contributed by atoms with Gasteiger partial charge < -0.3 is 9.80 Å². The van der Waals surface area contributed by atoms with E-state index in [0.29, 0.717) is 13.0 Å². The zero-order valence-corrected chi connectivity index (χ0v) is 17.4. The minimum atomic E-state index is -0.0658. The highest BCUT2D eigenvalue weighted by molar-refractivity contribution is 7.13. The summed E-state index contributed by atoms with van der Waals surface area (Å²) in [7, 11) is 0. The number of hydrogen-bond donors (Lipinski definition) is 0. The van der Waals surface area contributed by atoms with Gasteiger partial charge in [-0.05, 0) is 49.5 Å². The third-order valence-electron chi connectivity index (χ3n) is 6.45. The lowest BCUT2D eigenvalue weighted by Gasteiger charge is -2.37. The largest absolute Gasteiger partial charge is 0.353 e. The van der Waals surface area contributed by atoms with Crippen molar-refractivity contribution in [2.45, 2.75) is 31.7 Å². The van der Waals surface area contributed by atoms with Gasteiger partial charge >= 0.3 is 6.03 Å². The van der Waals surface area contributed by atoms with Crippen LogP contribution in [-0.2, 0) is 4.79 Å². The molecule has 1 aromatic carbocycles. The summed E-state index contributed by atoms with van der Waals surface area (Å²) >= 11 is 1.57. The molecule has 1 aromatic heterocycles. The molecule has 3 saturated heterocycles. The van der Waals surface area contributed by atoms with Crippen molar-refractivity contribution in [2.75, 3.05) is 50.7 Å². The van der Waals surface area contributed by atoms with Gasteiger partial charge in [-0.3, -0.25) is 14.6 Å². The van der Waals surface area contributed by atoms with Crippen molar-refractivity contribution < 1.29 is 9.59 Å². The summed E-state index contributed by atoms with van der Waals surface area (Å²) < 4.78 is 5.91. The van der Waals surface area contributed by atoms with Gasteiger partial charge in [-0.2, -0.15) is 4.37 Å². The SMILES string of the molecule is O=C1CC2CCCN2C(=O)N1CCCN1CCN(c2nsc3ccccc23)CC1. The summed E-state index contributed by atoms with van der Waals surface area (Å²) in [6, 6.07) is 8.50. The molecule has 3 aliphatic rings. The maximum absolute atomic E-state index is 12.6. The minimum absolute atomic E-state index is 0.0124. The first kappa shape index (κ1) is 18.8. The molecule has 5 rings (SSSR count). The van der Waals surface area contributed by atoms with Gasteiger partial charge in [0.1, 0.15) is 5.82 Å². The molecule has 3 fully saturated rings. The fraction of sp³-hybridized carbons (Fsp3) is 0.571. The molecule has 4 heterocycles. The molecular formula is C21H27N5O2S.